The van der Waals surface area contributed by atoms with E-state index in [-0.39, 0.29) is 11.2 Å². The maximum atomic E-state index is 6.85. The Hall–Kier alpha value is -2.92. The van der Waals surface area contributed by atoms with Gasteiger partial charge in [0.05, 0.1) is 16.9 Å². The zero-order valence-electron chi connectivity index (χ0n) is 22.8. The molecule has 1 aliphatic carbocycles. The van der Waals surface area contributed by atoms with Gasteiger partial charge in [-0.3, -0.25) is 0 Å². The minimum atomic E-state index is -0.316. The van der Waals surface area contributed by atoms with E-state index in [4.69, 9.17) is 4.74 Å². The van der Waals surface area contributed by atoms with Crippen molar-refractivity contribution in [3.05, 3.63) is 123 Å². The number of rotatable bonds is 4. The van der Waals surface area contributed by atoms with Crippen molar-refractivity contribution in [3.8, 4) is 11.1 Å². The highest BCUT2D eigenvalue weighted by molar-refractivity contribution is 9.10. The molecule has 0 amide bonds. The summed E-state index contributed by atoms with van der Waals surface area (Å²) in [6, 6.07) is 37.5. The van der Waals surface area contributed by atoms with Crippen molar-refractivity contribution < 1.29 is 4.74 Å². The van der Waals surface area contributed by atoms with Gasteiger partial charge >= 0.3 is 0 Å². The fourth-order valence-electron chi connectivity index (χ4n) is 6.78. The molecule has 0 saturated heterocycles. The van der Waals surface area contributed by atoms with E-state index in [2.05, 4.69) is 154 Å². The SMILES string of the molecule is CC1(C)OC2(CCCC2)c2ccc(-c3cc4ccccc4cc3N(c3ccc(Br)cc3)c3ccc(Br)cc3)cc21. The lowest BCUT2D eigenvalue weighted by Crippen LogP contribution is -2.25. The van der Waals surface area contributed by atoms with E-state index in [1.807, 2.05) is 0 Å². The third-order valence-corrected chi connectivity index (χ3v) is 9.66. The molecule has 4 heteroatoms. The molecule has 0 N–H and O–H groups in total. The van der Waals surface area contributed by atoms with E-state index in [1.54, 1.807) is 0 Å². The molecular formula is C36H31Br2NO. The molecule has 5 aromatic carbocycles. The zero-order chi connectivity index (χ0) is 27.5. The number of hydrogen-bond donors (Lipinski definition) is 0. The number of ether oxygens (including phenoxy) is 1. The van der Waals surface area contributed by atoms with Crippen LogP contribution in [0.3, 0.4) is 0 Å². The van der Waals surface area contributed by atoms with Crippen LogP contribution in [0.5, 0.6) is 0 Å². The van der Waals surface area contributed by atoms with Gasteiger partial charge in [-0.25, -0.2) is 0 Å². The molecule has 200 valence electrons. The maximum Gasteiger partial charge on any atom is 0.0946 e. The average molecular weight is 653 g/mol. The minimum Gasteiger partial charge on any atom is -0.360 e. The van der Waals surface area contributed by atoms with Crippen molar-refractivity contribution in [3.63, 3.8) is 0 Å². The highest BCUT2D eigenvalue weighted by atomic mass is 79.9. The van der Waals surface area contributed by atoms with Crippen molar-refractivity contribution in [2.24, 2.45) is 0 Å². The van der Waals surface area contributed by atoms with Gasteiger partial charge in [0.25, 0.3) is 0 Å². The molecule has 1 spiro atoms. The molecule has 40 heavy (non-hydrogen) atoms. The quantitative estimate of drug-likeness (QED) is 0.191. The van der Waals surface area contributed by atoms with Crippen LogP contribution in [-0.2, 0) is 15.9 Å². The Bertz CT molecular complexity index is 1670. The summed E-state index contributed by atoms with van der Waals surface area (Å²) in [7, 11) is 0. The fourth-order valence-corrected chi connectivity index (χ4v) is 7.30. The topological polar surface area (TPSA) is 12.5 Å². The number of anilines is 3. The van der Waals surface area contributed by atoms with Gasteiger partial charge in [-0.05, 0) is 121 Å². The Morgan fingerprint density at radius 3 is 1.82 bits per heavy atom. The lowest BCUT2D eigenvalue weighted by atomic mass is 9.85. The molecule has 7 rings (SSSR count). The van der Waals surface area contributed by atoms with Crippen LogP contribution in [0.4, 0.5) is 17.1 Å². The van der Waals surface area contributed by atoms with E-state index in [9.17, 15) is 0 Å². The molecule has 1 aliphatic heterocycles. The molecule has 0 aromatic heterocycles. The first-order valence-electron chi connectivity index (χ1n) is 14.0. The van der Waals surface area contributed by atoms with Crippen LogP contribution >= 0.6 is 31.9 Å². The Labute approximate surface area is 253 Å². The van der Waals surface area contributed by atoms with E-state index in [0.717, 1.165) is 38.8 Å². The highest BCUT2D eigenvalue weighted by Crippen LogP contribution is 2.55. The van der Waals surface area contributed by atoms with Crippen molar-refractivity contribution in [1.82, 2.24) is 0 Å². The van der Waals surface area contributed by atoms with Gasteiger partial charge in [0.2, 0.25) is 0 Å². The molecule has 2 aliphatic rings. The van der Waals surface area contributed by atoms with Crippen LogP contribution in [0.25, 0.3) is 21.9 Å². The van der Waals surface area contributed by atoms with E-state index >= 15 is 0 Å². The highest BCUT2D eigenvalue weighted by Gasteiger charge is 2.50. The molecule has 2 nitrogen and oxygen atoms in total. The van der Waals surface area contributed by atoms with E-state index < -0.39 is 0 Å². The van der Waals surface area contributed by atoms with Gasteiger partial charge < -0.3 is 9.64 Å². The summed E-state index contributed by atoms with van der Waals surface area (Å²) in [5.74, 6) is 0. The first-order chi connectivity index (χ1) is 19.3. The second-order valence-corrected chi connectivity index (χ2v) is 13.4. The Balaban J connectivity index is 1.47. The molecule has 0 radical (unpaired) electrons. The van der Waals surface area contributed by atoms with Crippen molar-refractivity contribution >= 4 is 59.7 Å². The van der Waals surface area contributed by atoms with Crippen molar-refractivity contribution in [2.45, 2.75) is 50.7 Å². The Kier molecular flexibility index (Phi) is 6.42. The summed E-state index contributed by atoms with van der Waals surface area (Å²) >= 11 is 7.26. The molecule has 5 aromatic rings. The third-order valence-electron chi connectivity index (χ3n) is 8.61. The van der Waals surface area contributed by atoms with Gasteiger partial charge in [0.1, 0.15) is 0 Å². The minimum absolute atomic E-state index is 0.121. The molecule has 0 unspecified atom stereocenters. The third kappa shape index (κ3) is 4.41. The summed E-state index contributed by atoms with van der Waals surface area (Å²) in [5, 5.41) is 2.45. The number of benzene rings is 5. The first kappa shape index (κ1) is 26.0. The summed E-state index contributed by atoms with van der Waals surface area (Å²) in [6.07, 6.45) is 4.71. The molecule has 1 heterocycles. The van der Waals surface area contributed by atoms with E-state index in [1.165, 1.54) is 45.9 Å². The molecule has 1 fully saturated rings. The summed E-state index contributed by atoms with van der Waals surface area (Å²) in [6.45, 7) is 4.47. The second kappa shape index (κ2) is 9.87. The standard InChI is InChI=1S/C36H31Br2NO/c1-35(2)33-22-26(9-18-32(33)36(40-35)19-5-6-20-36)31-21-24-7-3-4-8-25(24)23-34(31)39(29-14-10-27(37)11-15-29)30-16-12-28(38)13-17-30/h3-4,7-18,21-23H,5-6,19-20H2,1-2H3. The summed E-state index contributed by atoms with van der Waals surface area (Å²) < 4.78 is 8.97. The van der Waals surface area contributed by atoms with Crippen molar-refractivity contribution in [2.75, 3.05) is 4.90 Å². The van der Waals surface area contributed by atoms with Gasteiger partial charge in [-0.1, -0.05) is 81.1 Å². The zero-order valence-corrected chi connectivity index (χ0v) is 25.9. The molecule has 1 saturated carbocycles. The van der Waals surface area contributed by atoms with Crippen molar-refractivity contribution in [1.29, 1.82) is 0 Å². The largest absolute Gasteiger partial charge is 0.360 e. The normalized spacial score (nSPS) is 16.9. The summed E-state index contributed by atoms with van der Waals surface area (Å²) in [5.41, 5.74) is 8.06. The van der Waals surface area contributed by atoms with E-state index in [0.29, 0.717) is 0 Å². The maximum absolute atomic E-state index is 6.85. The van der Waals surface area contributed by atoms with Gasteiger partial charge in [0, 0.05) is 25.9 Å². The molecule has 0 atom stereocenters. The lowest BCUT2D eigenvalue weighted by Gasteiger charge is -2.29. The van der Waals surface area contributed by atoms with Crippen LogP contribution in [0.1, 0.15) is 50.7 Å². The van der Waals surface area contributed by atoms with Crippen LogP contribution in [0, 0.1) is 0 Å². The monoisotopic (exact) mass is 651 g/mol. The van der Waals surface area contributed by atoms with Crippen LogP contribution in [-0.4, -0.2) is 0 Å². The van der Waals surface area contributed by atoms with Gasteiger partial charge in [-0.15, -0.1) is 0 Å². The van der Waals surface area contributed by atoms with Crippen LogP contribution in [0.2, 0.25) is 0 Å². The second-order valence-electron chi connectivity index (χ2n) is 11.6. The molecule has 0 bridgehead atoms. The number of hydrogen-bond acceptors (Lipinski definition) is 2. The Morgan fingerprint density at radius 1 is 0.650 bits per heavy atom. The lowest BCUT2D eigenvalue weighted by molar-refractivity contribution is -0.122. The van der Waals surface area contributed by atoms with Gasteiger partial charge in [0.15, 0.2) is 0 Å². The number of fused-ring (bicyclic) bond motifs is 3. The predicted molar refractivity (Wildman–Crippen MR) is 174 cm³/mol. The van der Waals surface area contributed by atoms with Gasteiger partial charge in [-0.2, -0.15) is 0 Å². The van der Waals surface area contributed by atoms with Crippen LogP contribution in [0.15, 0.2) is 112 Å². The molecular weight excluding hydrogens is 622 g/mol. The predicted octanol–water partition coefficient (Wildman–Crippen LogP) is 11.5. The smallest absolute Gasteiger partial charge is 0.0946 e. The summed E-state index contributed by atoms with van der Waals surface area (Å²) in [4.78, 5) is 2.37. The average Bonchev–Trinajstić information content (AvgIpc) is 3.51. The Morgan fingerprint density at radius 2 is 1.23 bits per heavy atom. The fraction of sp³-hybridized carbons (Fsp3) is 0.222. The number of halogens is 2. The first-order valence-corrected chi connectivity index (χ1v) is 15.6. The number of nitrogens with zero attached hydrogens (tertiary/aromatic N) is 1. The van der Waals surface area contributed by atoms with Crippen LogP contribution < -0.4 is 4.90 Å².